The molecule has 5 heteroatoms. The van der Waals surface area contributed by atoms with Gasteiger partial charge < -0.3 is 4.57 Å². The Hall–Kier alpha value is -7.63. The Morgan fingerprint density at radius 1 is 0.357 bits per heavy atom. The molecule has 0 N–H and O–H groups in total. The fraction of sp³-hybridized carbons (Fsp3) is 0. The Bertz CT molecular complexity index is 4100. The van der Waals surface area contributed by atoms with Crippen LogP contribution in [0.3, 0.4) is 0 Å². The van der Waals surface area contributed by atoms with E-state index in [-0.39, 0.29) is 18.0 Å². The van der Waals surface area contributed by atoms with Gasteiger partial charge in [0.25, 0.3) is 0 Å². The first-order valence-corrected chi connectivity index (χ1v) is 17.6. The zero-order valence-electron chi connectivity index (χ0n) is 45.1. The molecule has 0 spiro atoms. The molecule has 0 unspecified atom stereocenters. The molecule has 0 saturated heterocycles. The van der Waals surface area contributed by atoms with Gasteiger partial charge in [0.05, 0.1) is 44.0 Å². The van der Waals surface area contributed by atoms with Crippen LogP contribution in [0.25, 0.3) is 100 Å². The zero-order valence-corrected chi connectivity index (χ0v) is 29.1. The summed E-state index contributed by atoms with van der Waals surface area (Å²) in [7, 11) is 0. The number of benzene rings is 8. The third-order valence-electron chi connectivity index (χ3n) is 9.64. The molecular weight excluding hydrogens is 683 g/mol. The molecule has 3 heterocycles. The highest BCUT2D eigenvalue weighted by molar-refractivity contribution is 6.23. The summed E-state index contributed by atoms with van der Waals surface area (Å²) in [6.07, 6.45) is 0. The Morgan fingerprint density at radius 3 is 1.52 bits per heavy atom. The van der Waals surface area contributed by atoms with Crippen LogP contribution in [0.15, 0.2) is 200 Å². The molecule has 0 bridgehead atoms. The normalized spacial score (nSPS) is 15.6. The van der Waals surface area contributed by atoms with Gasteiger partial charge in [-0.15, -0.1) is 0 Å². The van der Waals surface area contributed by atoms with Crippen molar-refractivity contribution in [3.63, 3.8) is 0 Å². The van der Waals surface area contributed by atoms with Crippen LogP contribution in [0.2, 0.25) is 0 Å². The summed E-state index contributed by atoms with van der Waals surface area (Å²) in [5.41, 5.74) is 2.18. The minimum Gasteiger partial charge on any atom is -0.307 e. The molecule has 0 saturated carbocycles. The first-order valence-electron chi connectivity index (χ1n) is 25.6. The molecule has 0 amide bonds. The maximum atomic E-state index is 9.68. The summed E-state index contributed by atoms with van der Waals surface area (Å²) in [4.78, 5) is 14.2. The first kappa shape index (κ1) is 19.6. The van der Waals surface area contributed by atoms with E-state index in [0.29, 0.717) is 49.3 Å². The van der Waals surface area contributed by atoms with Crippen molar-refractivity contribution in [2.75, 3.05) is 0 Å². The lowest BCUT2D eigenvalue weighted by Crippen LogP contribution is -2.07. The molecule has 0 aliphatic rings. The number of nitrogens with zero attached hydrogens (tertiary/aromatic N) is 5. The molecule has 5 nitrogen and oxygen atoms in total. The number of aromatic nitrogens is 5. The topological polar surface area (TPSA) is 48.5 Å². The Kier molecular flexibility index (Phi) is 4.57. The Labute approximate surface area is 345 Å². The van der Waals surface area contributed by atoms with E-state index >= 15 is 0 Å². The van der Waals surface area contributed by atoms with Crippen LogP contribution in [0.1, 0.15) is 21.9 Å². The summed E-state index contributed by atoms with van der Waals surface area (Å²) < 4.78 is 145. The highest BCUT2D eigenvalue weighted by Crippen LogP contribution is 2.42. The van der Waals surface area contributed by atoms with E-state index in [9.17, 15) is 8.22 Å². The Balaban J connectivity index is 1.31. The molecule has 0 aliphatic carbocycles. The van der Waals surface area contributed by atoms with Crippen molar-refractivity contribution in [3.05, 3.63) is 200 Å². The molecule has 8 aromatic carbocycles. The van der Waals surface area contributed by atoms with Gasteiger partial charge >= 0.3 is 0 Å². The van der Waals surface area contributed by atoms with E-state index in [1.807, 2.05) is 83.4 Å². The van der Waals surface area contributed by atoms with Crippen LogP contribution in [0.5, 0.6) is 0 Å². The van der Waals surface area contributed by atoms with Crippen molar-refractivity contribution in [1.29, 1.82) is 0 Å². The average molecular weight is 732 g/mol. The quantitative estimate of drug-likeness (QED) is 0.171. The van der Waals surface area contributed by atoms with Gasteiger partial charge in [0, 0.05) is 38.4 Å². The van der Waals surface area contributed by atoms with Crippen molar-refractivity contribution in [2.45, 2.75) is 0 Å². The highest BCUT2D eigenvalue weighted by atomic mass is 15.2. The monoisotopic (exact) mass is 731 g/mol. The number of hydrogen-bond donors (Lipinski definition) is 0. The van der Waals surface area contributed by atoms with E-state index in [1.54, 1.807) is 28.8 Å². The summed E-state index contributed by atoms with van der Waals surface area (Å²) in [6.45, 7) is 0. The number of para-hydroxylation sites is 2. The lowest BCUT2D eigenvalue weighted by atomic mass is 10.0. The van der Waals surface area contributed by atoms with Crippen LogP contribution >= 0.6 is 0 Å². The second-order valence-corrected chi connectivity index (χ2v) is 12.9. The second kappa shape index (κ2) is 13.0. The average Bonchev–Trinajstić information content (AvgIpc) is 3.93. The molecule has 0 radical (unpaired) electrons. The van der Waals surface area contributed by atoms with E-state index in [4.69, 9.17) is 23.7 Å². The Morgan fingerprint density at radius 2 is 0.857 bits per heavy atom. The van der Waals surface area contributed by atoms with Crippen LogP contribution in [0.4, 0.5) is 0 Å². The van der Waals surface area contributed by atoms with Crippen molar-refractivity contribution in [2.24, 2.45) is 0 Å². The lowest BCUT2D eigenvalue weighted by Gasteiger charge is -2.14. The van der Waals surface area contributed by atoms with Gasteiger partial charge in [-0.1, -0.05) is 176 Å². The van der Waals surface area contributed by atoms with Gasteiger partial charge in [-0.2, -0.15) is 9.97 Å². The molecule has 0 atom stereocenters. The third-order valence-corrected chi connectivity index (χ3v) is 9.64. The molecule has 11 rings (SSSR count). The van der Waals surface area contributed by atoms with Gasteiger partial charge in [0.1, 0.15) is 0 Å². The van der Waals surface area contributed by atoms with Gasteiger partial charge in [-0.3, -0.25) is 4.57 Å². The maximum absolute atomic E-state index is 9.68. The molecule has 11 aromatic rings. The smallest absolute Gasteiger partial charge is 0.238 e. The first-order chi connectivity index (χ1) is 34.4. The minimum absolute atomic E-state index is 0.0754. The van der Waals surface area contributed by atoms with Crippen LogP contribution < -0.4 is 0 Å². The predicted molar refractivity (Wildman–Crippen MR) is 230 cm³/mol. The van der Waals surface area contributed by atoms with Crippen LogP contribution in [-0.4, -0.2) is 24.1 Å². The molecular formula is C51H33N5. The number of fused-ring (bicyclic) bond motifs is 7. The van der Waals surface area contributed by atoms with Gasteiger partial charge in [0.15, 0.2) is 11.6 Å². The molecule has 262 valence electrons. The maximum Gasteiger partial charge on any atom is 0.238 e. The largest absolute Gasteiger partial charge is 0.307 e. The van der Waals surface area contributed by atoms with Crippen molar-refractivity contribution in [3.8, 4) is 56.7 Å². The standard InChI is InChI=1S/C51H33N5/c1-4-15-34(16-5-1)36-27-29-38(30-28-36)50-52-49(37-19-8-3-9-20-37)53-51(54-50)56-46-26-13-11-24-42(46)44-32-31-43-41-23-10-12-25-45(41)55(47(43)48(44)56)40-22-14-21-39(33-40)35-17-6-2-7-18-35/h1-33H/i1D,3D,4D,5D,8D,9D,15D,16D,19D,20D,27D,28D,29D,30D,31D,32D. The lowest BCUT2D eigenvalue weighted by molar-refractivity contribution is 0.953. The van der Waals surface area contributed by atoms with Crippen molar-refractivity contribution in [1.82, 2.24) is 24.1 Å². The molecule has 0 aliphatic heterocycles. The predicted octanol–water partition coefficient (Wildman–Crippen LogP) is 12.7. The van der Waals surface area contributed by atoms with Crippen molar-refractivity contribution < 1.29 is 21.9 Å². The summed E-state index contributed by atoms with van der Waals surface area (Å²) in [5, 5.41) is 1.85. The fourth-order valence-electron chi connectivity index (χ4n) is 7.21. The van der Waals surface area contributed by atoms with Gasteiger partial charge in [-0.05, 0) is 46.5 Å². The highest BCUT2D eigenvalue weighted by Gasteiger charge is 2.23. The molecule has 0 fully saturated rings. The van der Waals surface area contributed by atoms with Gasteiger partial charge in [0.2, 0.25) is 5.95 Å². The molecule has 56 heavy (non-hydrogen) atoms. The van der Waals surface area contributed by atoms with E-state index < -0.39 is 118 Å². The van der Waals surface area contributed by atoms with Crippen LogP contribution in [0, 0.1) is 0 Å². The summed E-state index contributed by atoms with van der Waals surface area (Å²) in [6, 6.07) is 21.3. The van der Waals surface area contributed by atoms with Crippen molar-refractivity contribution >= 4 is 43.6 Å². The van der Waals surface area contributed by atoms with Gasteiger partial charge in [-0.25, -0.2) is 4.98 Å². The fourth-order valence-corrected chi connectivity index (χ4v) is 7.21. The molecule has 3 aromatic heterocycles. The zero-order chi connectivity index (χ0) is 50.9. The summed E-state index contributed by atoms with van der Waals surface area (Å²) in [5.74, 6) is -1.36. The van der Waals surface area contributed by atoms with Crippen LogP contribution in [-0.2, 0) is 0 Å². The SMILES string of the molecule is [2H]c1c([2H])c([2H])c(-c2nc(-c3c([2H])c([2H])c(-c4c([2H])c([2H])c([2H])c([2H])c4[2H])c([2H])c3[2H])nc(-n3c4ccccc4c4c([2H])c([2H])c5c6ccccc6n(-c6cccc(-c7ccccc7)c6)c5c43)n2)c([2H])c1[2H]. The second-order valence-electron chi connectivity index (χ2n) is 12.9. The third kappa shape index (κ3) is 5.21. The minimum atomic E-state index is -0.807. The van der Waals surface area contributed by atoms with E-state index in [0.717, 1.165) is 11.1 Å². The van der Waals surface area contributed by atoms with E-state index in [1.165, 1.54) is 0 Å². The number of hydrogen-bond acceptors (Lipinski definition) is 3. The van der Waals surface area contributed by atoms with E-state index in [2.05, 4.69) is 4.98 Å². The number of rotatable bonds is 6. The summed E-state index contributed by atoms with van der Waals surface area (Å²) >= 11 is 0.